The molecule has 0 aliphatic carbocycles. The lowest BCUT2D eigenvalue weighted by atomic mass is 10.1. The molecule has 1 atom stereocenters. The number of methoxy groups -OCH3 is 1. The van der Waals surface area contributed by atoms with E-state index in [0.29, 0.717) is 24.4 Å². The highest BCUT2D eigenvalue weighted by atomic mass is 32.2. The second-order valence-corrected chi connectivity index (χ2v) is 8.86. The molecule has 28 heavy (non-hydrogen) atoms. The molecule has 1 fully saturated rings. The van der Waals surface area contributed by atoms with Crippen LogP contribution in [0.15, 0.2) is 53.7 Å². The third kappa shape index (κ3) is 4.62. The lowest BCUT2D eigenvalue weighted by Crippen LogP contribution is -2.44. The van der Waals surface area contributed by atoms with E-state index < -0.39 is 15.1 Å². The highest BCUT2D eigenvalue weighted by molar-refractivity contribution is 7.91. The van der Waals surface area contributed by atoms with Crippen molar-refractivity contribution in [3.05, 3.63) is 54.4 Å². The molecule has 1 aliphatic heterocycles. The Hall–Kier alpha value is -2.61. The maximum atomic E-state index is 13.3. The van der Waals surface area contributed by atoms with Crippen LogP contribution in [0, 0.1) is 0 Å². The fourth-order valence-corrected chi connectivity index (χ4v) is 4.94. The minimum absolute atomic E-state index is 0.0185. The standard InChI is InChI=1S/C20H25N3O4S/c1-27-17-7-9-18(10-8-17)28(25,26)19(16-6-5-11-21-14-16)15-22-20(24)23-12-3-2-4-13-23/h5-11,14,19H,2-4,12-13,15H2,1H3,(H,22,24). The number of carbonyl (C=O) groups is 1. The lowest BCUT2D eigenvalue weighted by molar-refractivity contribution is 0.186. The van der Waals surface area contributed by atoms with Crippen molar-refractivity contribution in [3.63, 3.8) is 0 Å². The van der Waals surface area contributed by atoms with Crippen molar-refractivity contribution in [1.82, 2.24) is 15.2 Å². The summed E-state index contributed by atoms with van der Waals surface area (Å²) in [6, 6.07) is 9.44. The third-order valence-corrected chi connectivity index (χ3v) is 7.02. The molecule has 0 saturated carbocycles. The number of ether oxygens (including phenoxy) is 1. The van der Waals surface area contributed by atoms with Crippen LogP contribution in [-0.2, 0) is 9.84 Å². The van der Waals surface area contributed by atoms with Gasteiger partial charge in [-0.15, -0.1) is 0 Å². The van der Waals surface area contributed by atoms with Crippen LogP contribution in [-0.4, -0.2) is 51.1 Å². The number of urea groups is 1. The molecule has 1 aliphatic rings. The summed E-state index contributed by atoms with van der Waals surface area (Å²) in [5.74, 6) is 0.579. The summed E-state index contributed by atoms with van der Waals surface area (Å²) >= 11 is 0. The van der Waals surface area contributed by atoms with Gasteiger partial charge >= 0.3 is 6.03 Å². The van der Waals surface area contributed by atoms with Crippen molar-refractivity contribution in [2.45, 2.75) is 29.4 Å². The lowest BCUT2D eigenvalue weighted by Gasteiger charge is -2.28. The van der Waals surface area contributed by atoms with Gasteiger partial charge in [0.05, 0.1) is 12.0 Å². The first kappa shape index (κ1) is 20.1. The molecule has 1 aromatic carbocycles. The Bertz CT molecular complexity index is 879. The predicted octanol–water partition coefficient (Wildman–Crippen LogP) is 2.80. The summed E-state index contributed by atoms with van der Waals surface area (Å²) in [5, 5.41) is 1.88. The van der Waals surface area contributed by atoms with Crippen molar-refractivity contribution in [1.29, 1.82) is 0 Å². The minimum Gasteiger partial charge on any atom is -0.497 e. The van der Waals surface area contributed by atoms with Crippen LogP contribution in [0.1, 0.15) is 30.1 Å². The second-order valence-electron chi connectivity index (χ2n) is 6.73. The minimum atomic E-state index is -3.73. The predicted molar refractivity (Wildman–Crippen MR) is 106 cm³/mol. The van der Waals surface area contributed by atoms with Crippen LogP contribution in [0.3, 0.4) is 0 Å². The quantitative estimate of drug-likeness (QED) is 0.801. The van der Waals surface area contributed by atoms with Crippen LogP contribution in [0.5, 0.6) is 5.75 Å². The second kappa shape index (κ2) is 9.05. The molecular weight excluding hydrogens is 378 g/mol. The summed E-state index contributed by atoms with van der Waals surface area (Å²) in [6.07, 6.45) is 6.19. The topological polar surface area (TPSA) is 88.6 Å². The monoisotopic (exact) mass is 403 g/mol. The Balaban J connectivity index is 1.83. The number of pyridine rings is 1. The molecule has 150 valence electrons. The zero-order chi connectivity index (χ0) is 20.0. The van der Waals surface area contributed by atoms with Gasteiger partial charge in [-0.1, -0.05) is 6.07 Å². The van der Waals surface area contributed by atoms with E-state index in [4.69, 9.17) is 4.74 Å². The summed E-state index contributed by atoms with van der Waals surface area (Å²) in [6.45, 7) is 1.39. The largest absolute Gasteiger partial charge is 0.497 e. The SMILES string of the molecule is COc1ccc(S(=O)(=O)C(CNC(=O)N2CCCCC2)c2cccnc2)cc1. The van der Waals surface area contributed by atoms with E-state index in [0.717, 1.165) is 19.3 Å². The number of nitrogens with one attached hydrogen (secondary N) is 1. The number of benzene rings is 1. The smallest absolute Gasteiger partial charge is 0.317 e. The van der Waals surface area contributed by atoms with Gasteiger partial charge in [0.2, 0.25) is 0 Å². The third-order valence-electron chi connectivity index (χ3n) is 4.90. The van der Waals surface area contributed by atoms with E-state index in [1.54, 1.807) is 35.4 Å². The molecular formula is C20H25N3O4S. The Kier molecular flexibility index (Phi) is 6.51. The van der Waals surface area contributed by atoms with Crippen molar-refractivity contribution in [2.24, 2.45) is 0 Å². The summed E-state index contributed by atoms with van der Waals surface area (Å²) in [5.41, 5.74) is 0.539. The van der Waals surface area contributed by atoms with Crippen LogP contribution in [0.25, 0.3) is 0 Å². The molecule has 0 radical (unpaired) electrons. The highest BCUT2D eigenvalue weighted by Crippen LogP contribution is 2.29. The number of piperidine rings is 1. The van der Waals surface area contributed by atoms with Crippen molar-refractivity contribution < 1.29 is 17.9 Å². The van der Waals surface area contributed by atoms with Crippen molar-refractivity contribution in [2.75, 3.05) is 26.7 Å². The van der Waals surface area contributed by atoms with Gasteiger partial charge in [-0.05, 0) is 55.2 Å². The molecule has 2 aromatic rings. The fourth-order valence-electron chi connectivity index (χ4n) is 3.29. The molecule has 0 spiro atoms. The summed E-state index contributed by atoms with van der Waals surface area (Å²) < 4.78 is 31.7. The summed E-state index contributed by atoms with van der Waals surface area (Å²) in [4.78, 5) is 18.4. The zero-order valence-corrected chi connectivity index (χ0v) is 16.7. The van der Waals surface area contributed by atoms with Gasteiger partial charge in [0.15, 0.2) is 9.84 Å². The maximum absolute atomic E-state index is 13.3. The molecule has 3 rings (SSSR count). The van der Waals surface area contributed by atoms with Gasteiger partial charge in [0.1, 0.15) is 11.0 Å². The maximum Gasteiger partial charge on any atom is 0.317 e. The number of hydrogen-bond acceptors (Lipinski definition) is 5. The summed E-state index contributed by atoms with van der Waals surface area (Å²) in [7, 11) is -2.21. The van der Waals surface area contributed by atoms with Crippen molar-refractivity contribution in [3.8, 4) is 5.75 Å². The van der Waals surface area contributed by atoms with E-state index >= 15 is 0 Å². The molecule has 1 saturated heterocycles. The van der Waals surface area contributed by atoms with Gasteiger partial charge in [-0.25, -0.2) is 13.2 Å². The van der Waals surface area contributed by atoms with E-state index in [9.17, 15) is 13.2 Å². The van der Waals surface area contributed by atoms with Crippen LogP contribution in [0.2, 0.25) is 0 Å². The Morgan fingerprint density at radius 3 is 2.50 bits per heavy atom. The first-order valence-electron chi connectivity index (χ1n) is 9.33. The number of amides is 2. The molecule has 1 unspecified atom stereocenters. The number of rotatable bonds is 6. The van der Waals surface area contributed by atoms with Gasteiger partial charge < -0.3 is 15.0 Å². The zero-order valence-electron chi connectivity index (χ0n) is 15.9. The van der Waals surface area contributed by atoms with Crippen LogP contribution < -0.4 is 10.1 Å². The fraction of sp³-hybridized carbons (Fsp3) is 0.400. The molecule has 8 heteroatoms. The Morgan fingerprint density at radius 2 is 1.89 bits per heavy atom. The molecule has 2 heterocycles. The van der Waals surface area contributed by atoms with Gasteiger partial charge in [0.25, 0.3) is 0 Å². The molecule has 7 nitrogen and oxygen atoms in total. The molecule has 0 bridgehead atoms. The van der Waals surface area contributed by atoms with Crippen molar-refractivity contribution >= 4 is 15.9 Å². The first-order valence-corrected chi connectivity index (χ1v) is 10.9. The number of likely N-dealkylation sites (tertiary alicyclic amines) is 1. The first-order chi connectivity index (χ1) is 13.5. The molecule has 2 amide bonds. The Morgan fingerprint density at radius 1 is 1.18 bits per heavy atom. The normalized spacial score (nSPS) is 15.7. The van der Waals surface area contributed by atoms with E-state index in [1.165, 1.54) is 25.4 Å². The number of nitrogens with zero attached hydrogens (tertiary/aromatic N) is 2. The number of aromatic nitrogens is 1. The Labute approximate surface area is 165 Å². The van der Waals surface area contributed by atoms with Gasteiger partial charge in [0, 0.05) is 32.0 Å². The molecule has 1 N–H and O–H groups in total. The average Bonchev–Trinajstić information content (AvgIpc) is 2.75. The average molecular weight is 404 g/mol. The van der Waals surface area contributed by atoms with Crippen LogP contribution >= 0.6 is 0 Å². The number of sulfone groups is 1. The van der Waals surface area contributed by atoms with E-state index in [-0.39, 0.29) is 17.5 Å². The van der Waals surface area contributed by atoms with E-state index in [1.807, 2.05) is 0 Å². The number of hydrogen-bond donors (Lipinski definition) is 1. The van der Waals surface area contributed by atoms with Gasteiger partial charge in [-0.2, -0.15) is 0 Å². The number of carbonyl (C=O) groups excluding carboxylic acids is 1. The van der Waals surface area contributed by atoms with Gasteiger partial charge in [-0.3, -0.25) is 4.98 Å². The molecule has 1 aromatic heterocycles. The highest BCUT2D eigenvalue weighted by Gasteiger charge is 2.30. The van der Waals surface area contributed by atoms with E-state index in [2.05, 4.69) is 10.3 Å². The van der Waals surface area contributed by atoms with Crippen LogP contribution in [0.4, 0.5) is 4.79 Å².